The summed E-state index contributed by atoms with van der Waals surface area (Å²) in [5, 5.41) is 3.01. The van der Waals surface area contributed by atoms with Crippen molar-refractivity contribution in [1.29, 1.82) is 0 Å². The summed E-state index contributed by atoms with van der Waals surface area (Å²) in [4.78, 5) is 12.7. The Morgan fingerprint density at radius 3 is 2.50 bits per heavy atom. The summed E-state index contributed by atoms with van der Waals surface area (Å²) in [6, 6.07) is 13.6. The van der Waals surface area contributed by atoms with Gasteiger partial charge in [-0.05, 0) is 29.7 Å². The quantitative estimate of drug-likeness (QED) is 0.801. The Balaban J connectivity index is 2.26. The van der Waals surface area contributed by atoms with Crippen molar-refractivity contribution in [2.24, 2.45) is 5.92 Å². The largest absolute Gasteiger partial charge is 0.324 e. The second-order valence-electron chi connectivity index (χ2n) is 5.39. The molecular formula is C18H19ClFNO. The van der Waals surface area contributed by atoms with Gasteiger partial charge in [-0.1, -0.05) is 62.2 Å². The third-order valence-electron chi connectivity index (χ3n) is 3.84. The molecule has 1 N–H and O–H groups in total. The molecule has 2 atom stereocenters. The maximum atomic E-state index is 13.1. The summed E-state index contributed by atoms with van der Waals surface area (Å²) < 4.78 is 13.1. The topological polar surface area (TPSA) is 29.1 Å². The Hall–Kier alpha value is -1.87. The van der Waals surface area contributed by atoms with Gasteiger partial charge in [0, 0.05) is 0 Å². The third kappa shape index (κ3) is 3.86. The Labute approximate surface area is 135 Å². The van der Waals surface area contributed by atoms with Gasteiger partial charge in [-0.15, -0.1) is 0 Å². The lowest BCUT2D eigenvalue weighted by molar-refractivity contribution is -0.118. The molecule has 116 valence electrons. The third-order valence-corrected chi connectivity index (χ3v) is 4.16. The van der Waals surface area contributed by atoms with Gasteiger partial charge in [0.25, 0.3) is 0 Å². The number of nitrogens with one attached hydrogen (secondary N) is 1. The molecule has 2 rings (SSSR count). The lowest BCUT2D eigenvalue weighted by Crippen LogP contribution is -2.26. The zero-order chi connectivity index (χ0) is 16.1. The lowest BCUT2D eigenvalue weighted by atomic mass is 9.85. The number of hydrogen-bond donors (Lipinski definition) is 1. The summed E-state index contributed by atoms with van der Waals surface area (Å²) in [6.45, 7) is 4.10. The molecule has 0 aliphatic carbocycles. The van der Waals surface area contributed by atoms with Gasteiger partial charge in [0.05, 0.1) is 16.6 Å². The van der Waals surface area contributed by atoms with Crippen molar-refractivity contribution in [3.63, 3.8) is 0 Å². The van der Waals surface area contributed by atoms with Gasteiger partial charge in [-0.2, -0.15) is 0 Å². The van der Waals surface area contributed by atoms with E-state index in [1.165, 1.54) is 18.2 Å². The normalized spacial score (nSPS) is 13.5. The Bertz CT molecular complexity index is 645. The predicted octanol–water partition coefficient (Wildman–Crippen LogP) is 5.25. The van der Waals surface area contributed by atoms with Crippen molar-refractivity contribution in [2.75, 3.05) is 5.32 Å². The maximum Gasteiger partial charge on any atom is 0.232 e. The fourth-order valence-electron chi connectivity index (χ4n) is 2.44. The van der Waals surface area contributed by atoms with E-state index in [9.17, 15) is 9.18 Å². The molecule has 0 spiro atoms. The second-order valence-corrected chi connectivity index (χ2v) is 5.79. The van der Waals surface area contributed by atoms with Crippen LogP contribution in [0.15, 0.2) is 48.5 Å². The molecule has 1 amide bonds. The molecule has 2 nitrogen and oxygen atoms in total. The summed E-state index contributed by atoms with van der Waals surface area (Å²) in [6.07, 6.45) is 0.879. The van der Waals surface area contributed by atoms with Crippen LogP contribution in [0.5, 0.6) is 0 Å². The van der Waals surface area contributed by atoms with Crippen LogP contribution in [0.25, 0.3) is 0 Å². The molecule has 0 saturated heterocycles. The molecule has 22 heavy (non-hydrogen) atoms. The SMILES string of the molecule is CC[C@H](C)[C@@H](C(=O)Nc1ccc(F)cc1Cl)c1ccccc1. The highest BCUT2D eigenvalue weighted by Gasteiger charge is 2.26. The zero-order valence-electron chi connectivity index (χ0n) is 12.6. The van der Waals surface area contributed by atoms with Crippen LogP contribution in [0, 0.1) is 11.7 Å². The first-order chi connectivity index (χ1) is 10.5. The van der Waals surface area contributed by atoms with E-state index >= 15 is 0 Å². The fraction of sp³-hybridized carbons (Fsp3) is 0.278. The van der Waals surface area contributed by atoms with Gasteiger partial charge >= 0.3 is 0 Å². The van der Waals surface area contributed by atoms with Crippen LogP contribution >= 0.6 is 11.6 Å². The highest BCUT2D eigenvalue weighted by molar-refractivity contribution is 6.33. The fourth-order valence-corrected chi connectivity index (χ4v) is 2.65. The van der Waals surface area contributed by atoms with Gasteiger partial charge < -0.3 is 5.32 Å². The number of amides is 1. The molecule has 0 aliphatic rings. The van der Waals surface area contributed by atoms with Gasteiger partial charge in [-0.25, -0.2) is 4.39 Å². The van der Waals surface area contributed by atoms with Crippen LogP contribution in [0.1, 0.15) is 31.7 Å². The summed E-state index contributed by atoms with van der Waals surface area (Å²) in [7, 11) is 0. The first-order valence-corrected chi connectivity index (χ1v) is 7.71. The number of carbonyl (C=O) groups excluding carboxylic acids is 1. The van der Waals surface area contributed by atoms with Crippen LogP contribution in [0.2, 0.25) is 5.02 Å². The summed E-state index contributed by atoms with van der Waals surface area (Å²) >= 11 is 5.98. The molecule has 2 aromatic rings. The lowest BCUT2D eigenvalue weighted by Gasteiger charge is -2.23. The van der Waals surface area contributed by atoms with Crippen molar-refractivity contribution in [1.82, 2.24) is 0 Å². The minimum atomic E-state index is -0.426. The first-order valence-electron chi connectivity index (χ1n) is 7.33. The van der Waals surface area contributed by atoms with E-state index in [1.807, 2.05) is 37.3 Å². The monoisotopic (exact) mass is 319 g/mol. The van der Waals surface area contributed by atoms with Crippen LogP contribution in [0.3, 0.4) is 0 Å². The molecule has 0 heterocycles. The maximum absolute atomic E-state index is 13.1. The summed E-state index contributed by atoms with van der Waals surface area (Å²) in [5.74, 6) is -0.646. The van der Waals surface area contributed by atoms with E-state index in [-0.39, 0.29) is 22.8 Å². The van der Waals surface area contributed by atoms with Crippen molar-refractivity contribution in [2.45, 2.75) is 26.2 Å². The van der Waals surface area contributed by atoms with Crippen LogP contribution in [-0.4, -0.2) is 5.91 Å². The van der Waals surface area contributed by atoms with Crippen LogP contribution < -0.4 is 5.32 Å². The first kappa shape index (κ1) is 16.5. The van der Waals surface area contributed by atoms with Crippen molar-refractivity contribution in [3.8, 4) is 0 Å². The average molecular weight is 320 g/mol. The molecule has 0 aromatic heterocycles. The minimum absolute atomic E-state index is 0.131. The molecule has 0 fully saturated rings. The predicted molar refractivity (Wildman–Crippen MR) is 88.7 cm³/mol. The number of rotatable bonds is 5. The van der Waals surface area contributed by atoms with E-state index < -0.39 is 5.82 Å². The molecule has 0 aliphatic heterocycles. The Morgan fingerprint density at radius 1 is 1.23 bits per heavy atom. The average Bonchev–Trinajstić information content (AvgIpc) is 2.51. The van der Waals surface area contributed by atoms with Crippen molar-refractivity contribution < 1.29 is 9.18 Å². The highest BCUT2D eigenvalue weighted by Crippen LogP contribution is 2.30. The molecule has 2 aromatic carbocycles. The smallest absolute Gasteiger partial charge is 0.232 e. The van der Waals surface area contributed by atoms with E-state index in [0.29, 0.717) is 5.69 Å². The van der Waals surface area contributed by atoms with Crippen molar-refractivity contribution in [3.05, 3.63) is 64.9 Å². The van der Waals surface area contributed by atoms with E-state index in [4.69, 9.17) is 11.6 Å². The van der Waals surface area contributed by atoms with E-state index in [1.54, 1.807) is 0 Å². The highest BCUT2D eigenvalue weighted by atomic mass is 35.5. The molecular weight excluding hydrogens is 301 g/mol. The number of anilines is 1. The number of benzene rings is 2. The standard InChI is InChI=1S/C18H19ClFNO/c1-3-12(2)17(13-7-5-4-6-8-13)18(22)21-16-10-9-14(20)11-15(16)19/h4-12,17H,3H2,1-2H3,(H,21,22)/t12-,17+/m0/s1. The van der Waals surface area contributed by atoms with Gasteiger partial charge in [-0.3, -0.25) is 4.79 Å². The van der Waals surface area contributed by atoms with Crippen molar-refractivity contribution >= 4 is 23.2 Å². The van der Waals surface area contributed by atoms with E-state index in [0.717, 1.165) is 12.0 Å². The van der Waals surface area contributed by atoms with E-state index in [2.05, 4.69) is 12.2 Å². The van der Waals surface area contributed by atoms with Gasteiger partial charge in [0.15, 0.2) is 0 Å². The van der Waals surface area contributed by atoms with Crippen LogP contribution in [0.4, 0.5) is 10.1 Å². The molecule has 4 heteroatoms. The Morgan fingerprint density at radius 2 is 1.91 bits per heavy atom. The summed E-state index contributed by atoms with van der Waals surface area (Å²) in [5.41, 5.74) is 1.39. The van der Waals surface area contributed by atoms with Crippen LogP contribution in [-0.2, 0) is 4.79 Å². The molecule has 0 radical (unpaired) electrons. The van der Waals surface area contributed by atoms with Gasteiger partial charge in [0.1, 0.15) is 5.82 Å². The number of hydrogen-bond acceptors (Lipinski definition) is 1. The zero-order valence-corrected chi connectivity index (χ0v) is 13.4. The number of halogens is 2. The minimum Gasteiger partial charge on any atom is -0.324 e. The molecule has 0 saturated carbocycles. The number of carbonyl (C=O) groups is 1. The molecule has 0 unspecified atom stereocenters. The van der Waals surface area contributed by atoms with Gasteiger partial charge in [0.2, 0.25) is 5.91 Å². The molecule has 0 bridgehead atoms. The second kappa shape index (κ2) is 7.41. The Kier molecular flexibility index (Phi) is 5.56.